The second kappa shape index (κ2) is 11.0. The summed E-state index contributed by atoms with van der Waals surface area (Å²) < 4.78 is 2.22. The van der Waals surface area contributed by atoms with Gasteiger partial charge in [0.05, 0.1) is 33.9 Å². The highest BCUT2D eigenvalue weighted by Crippen LogP contribution is 2.48. The lowest BCUT2D eigenvalue weighted by atomic mass is 9.91. The largest absolute Gasteiger partial charge is 0.333 e. The maximum atomic E-state index is 10.5. The Labute approximate surface area is 279 Å². The van der Waals surface area contributed by atoms with Crippen LogP contribution in [0.1, 0.15) is 22.6 Å². The van der Waals surface area contributed by atoms with Crippen molar-refractivity contribution in [2.24, 2.45) is 0 Å². The number of para-hydroxylation sites is 3. The summed E-state index contributed by atoms with van der Waals surface area (Å²) in [6.45, 7) is 0. The van der Waals surface area contributed by atoms with E-state index in [9.17, 15) is 10.5 Å². The molecule has 1 aliphatic carbocycles. The fraction of sp³-hybridized carbons (Fsp3) is 0.0455. The van der Waals surface area contributed by atoms with Crippen LogP contribution in [0.25, 0.3) is 49.7 Å². The molecule has 0 N–H and O–H groups in total. The Morgan fingerprint density at radius 1 is 0.542 bits per heavy atom. The number of fused-ring (bicyclic) bond motifs is 6. The molecular formula is C44H28N4. The van der Waals surface area contributed by atoms with E-state index in [2.05, 4.69) is 143 Å². The molecule has 7 aromatic rings. The van der Waals surface area contributed by atoms with Gasteiger partial charge in [-0.2, -0.15) is 10.5 Å². The fourth-order valence-corrected chi connectivity index (χ4v) is 7.72. The standard InChI is InChI=1S/C44H28N4/c45-27-32-22-25-43(48-41-18-7-3-14-36(41)37-15-4-8-19-42(37)48)44(38(32)28-46)31-11-9-10-30(26-31)29-20-23-33(24-21-29)47-39-16-5-1-12-34(39)35-13-2-6-17-40(35)47/h1-26,34,39H. The van der Waals surface area contributed by atoms with E-state index in [0.29, 0.717) is 17.0 Å². The number of nitrogens with zero attached hydrogens (tertiary/aromatic N) is 4. The third-order valence-electron chi connectivity index (χ3n) is 9.83. The van der Waals surface area contributed by atoms with Crippen LogP contribution in [0.5, 0.6) is 0 Å². The number of aromatic nitrogens is 1. The van der Waals surface area contributed by atoms with Crippen LogP contribution in [0.3, 0.4) is 0 Å². The minimum Gasteiger partial charge on any atom is -0.333 e. The van der Waals surface area contributed by atoms with Gasteiger partial charge in [-0.15, -0.1) is 0 Å². The number of benzene rings is 6. The van der Waals surface area contributed by atoms with Crippen molar-refractivity contribution < 1.29 is 0 Å². The van der Waals surface area contributed by atoms with E-state index in [-0.39, 0.29) is 6.04 Å². The summed E-state index contributed by atoms with van der Waals surface area (Å²) in [6, 6.07) is 51.1. The van der Waals surface area contributed by atoms with Crippen molar-refractivity contribution in [3.63, 3.8) is 0 Å². The average molecular weight is 613 g/mol. The third kappa shape index (κ3) is 4.14. The summed E-state index contributed by atoms with van der Waals surface area (Å²) in [6.07, 6.45) is 8.88. The van der Waals surface area contributed by atoms with Gasteiger partial charge in [0.25, 0.3) is 0 Å². The van der Waals surface area contributed by atoms with Crippen molar-refractivity contribution in [2.45, 2.75) is 12.0 Å². The first-order valence-corrected chi connectivity index (χ1v) is 16.1. The van der Waals surface area contributed by atoms with Gasteiger partial charge < -0.3 is 9.47 Å². The summed E-state index contributed by atoms with van der Waals surface area (Å²) in [5.74, 6) is 0.338. The van der Waals surface area contributed by atoms with Crippen molar-refractivity contribution in [3.05, 3.63) is 174 Å². The van der Waals surface area contributed by atoms with E-state index in [0.717, 1.165) is 55.4 Å². The van der Waals surface area contributed by atoms with Gasteiger partial charge in [-0.25, -0.2) is 0 Å². The maximum Gasteiger partial charge on any atom is 0.101 e. The number of hydrogen-bond donors (Lipinski definition) is 0. The molecule has 1 aromatic heterocycles. The molecule has 0 bridgehead atoms. The van der Waals surface area contributed by atoms with Crippen molar-refractivity contribution >= 4 is 33.2 Å². The van der Waals surface area contributed by atoms with Gasteiger partial charge in [-0.1, -0.05) is 109 Å². The van der Waals surface area contributed by atoms with E-state index >= 15 is 0 Å². The molecule has 4 nitrogen and oxygen atoms in total. The molecule has 2 unspecified atom stereocenters. The molecule has 48 heavy (non-hydrogen) atoms. The van der Waals surface area contributed by atoms with Gasteiger partial charge >= 0.3 is 0 Å². The van der Waals surface area contributed by atoms with Crippen LogP contribution in [0.2, 0.25) is 0 Å². The molecule has 224 valence electrons. The average Bonchev–Trinajstić information content (AvgIpc) is 3.67. The van der Waals surface area contributed by atoms with Gasteiger partial charge in [0, 0.05) is 33.6 Å². The van der Waals surface area contributed by atoms with Gasteiger partial charge in [-0.05, 0) is 70.8 Å². The molecular weight excluding hydrogens is 585 g/mol. The fourth-order valence-electron chi connectivity index (χ4n) is 7.72. The summed E-state index contributed by atoms with van der Waals surface area (Å²) in [4.78, 5) is 2.44. The normalized spacial score (nSPS) is 16.1. The van der Waals surface area contributed by atoms with Gasteiger partial charge in [0.2, 0.25) is 0 Å². The molecule has 2 atom stereocenters. The van der Waals surface area contributed by atoms with Crippen LogP contribution in [0.4, 0.5) is 11.4 Å². The Morgan fingerprint density at radius 2 is 1.23 bits per heavy atom. The summed E-state index contributed by atoms with van der Waals surface area (Å²) in [5.41, 5.74) is 11.2. The van der Waals surface area contributed by atoms with E-state index in [1.807, 2.05) is 30.3 Å². The number of nitriles is 2. The molecule has 4 heteroatoms. The maximum absolute atomic E-state index is 10.5. The van der Waals surface area contributed by atoms with Crippen LogP contribution in [-0.2, 0) is 0 Å². The molecule has 2 heterocycles. The number of allylic oxidation sites excluding steroid dienone is 2. The first kappa shape index (κ1) is 27.7. The van der Waals surface area contributed by atoms with Crippen molar-refractivity contribution in [1.29, 1.82) is 10.5 Å². The molecule has 0 amide bonds. The highest BCUT2D eigenvalue weighted by atomic mass is 15.2. The summed E-state index contributed by atoms with van der Waals surface area (Å²) in [7, 11) is 0. The van der Waals surface area contributed by atoms with E-state index < -0.39 is 0 Å². The predicted molar refractivity (Wildman–Crippen MR) is 194 cm³/mol. The Hall–Kier alpha value is -6.62. The molecule has 0 fully saturated rings. The van der Waals surface area contributed by atoms with Crippen LogP contribution < -0.4 is 4.90 Å². The quantitative estimate of drug-likeness (QED) is 0.199. The highest BCUT2D eigenvalue weighted by Gasteiger charge is 2.36. The number of anilines is 2. The Kier molecular flexibility index (Phi) is 6.35. The Morgan fingerprint density at radius 3 is 1.98 bits per heavy atom. The lowest BCUT2D eigenvalue weighted by molar-refractivity contribution is 0.745. The third-order valence-corrected chi connectivity index (χ3v) is 9.83. The molecule has 2 aliphatic rings. The van der Waals surface area contributed by atoms with E-state index in [4.69, 9.17) is 0 Å². The monoisotopic (exact) mass is 612 g/mol. The van der Waals surface area contributed by atoms with Crippen LogP contribution in [-0.4, -0.2) is 10.6 Å². The molecule has 6 aromatic carbocycles. The van der Waals surface area contributed by atoms with Gasteiger partial charge in [0.15, 0.2) is 0 Å². The Bertz CT molecular complexity index is 2500. The molecule has 0 radical (unpaired) electrons. The van der Waals surface area contributed by atoms with Crippen molar-refractivity contribution in [2.75, 3.05) is 4.90 Å². The second-order valence-corrected chi connectivity index (χ2v) is 12.3. The SMILES string of the molecule is N#Cc1ccc(-n2c3ccccc3c3ccccc32)c(-c2cccc(-c3ccc(N4c5ccccc5C5C=CC=CC54)cc3)c2)c1C#N. The van der Waals surface area contributed by atoms with E-state index in [1.54, 1.807) is 6.07 Å². The lowest BCUT2D eigenvalue weighted by Gasteiger charge is -2.28. The first-order chi connectivity index (χ1) is 23.7. The number of rotatable bonds is 4. The first-order valence-electron chi connectivity index (χ1n) is 16.1. The second-order valence-electron chi connectivity index (χ2n) is 12.3. The van der Waals surface area contributed by atoms with Gasteiger partial charge in [-0.3, -0.25) is 0 Å². The zero-order chi connectivity index (χ0) is 32.2. The van der Waals surface area contributed by atoms with Crippen LogP contribution in [0, 0.1) is 22.7 Å². The highest BCUT2D eigenvalue weighted by molar-refractivity contribution is 6.10. The zero-order valence-electron chi connectivity index (χ0n) is 26.0. The summed E-state index contributed by atoms with van der Waals surface area (Å²) >= 11 is 0. The van der Waals surface area contributed by atoms with E-state index in [1.165, 1.54) is 11.3 Å². The van der Waals surface area contributed by atoms with Crippen LogP contribution in [0.15, 0.2) is 158 Å². The molecule has 0 saturated heterocycles. The molecule has 9 rings (SSSR count). The van der Waals surface area contributed by atoms with Crippen LogP contribution >= 0.6 is 0 Å². The zero-order valence-corrected chi connectivity index (χ0v) is 26.0. The topological polar surface area (TPSA) is 55.8 Å². The lowest BCUT2D eigenvalue weighted by Crippen LogP contribution is -2.28. The summed E-state index contributed by atoms with van der Waals surface area (Å²) in [5, 5.41) is 22.8. The van der Waals surface area contributed by atoms with Crippen molar-refractivity contribution in [1.82, 2.24) is 4.57 Å². The Balaban J connectivity index is 1.17. The smallest absolute Gasteiger partial charge is 0.101 e. The number of hydrogen-bond acceptors (Lipinski definition) is 3. The molecule has 0 spiro atoms. The molecule has 0 saturated carbocycles. The predicted octanol–water partition coefficient (Wildman–Crippen LogP) is 10.6. The van der Waals surface area contributed by atoms with Gasteiger partial charge in [0.1, 0.15) is 12.1 Å². The minimum absolute atomic E-state index is 0.248. The van der Waals surface area contributed by atoms with Crippen molar-refractivity contribution in [3.8, 4) is 40.1 Å². The molecule has 1 aliphatic heterocycles. The minimum atomic E-state index is 0.248.